The molecular formula is C22H31N5O. The van der Waals surface area contributed by atoms with E-state index in [0.29, 0.717) is 24.8 Å². The molecule has 0 saturated heterocycles. The van der Waals surface area contributed by atoms with Crippen LogP contribution in [0.3, 0.4) is 0 Å². The minimum absolute atomic E-state index is 0.0880. The number of aliphatic imine (C=N–C) groups is 1. The Morgan fingerprint density at radius 1 is 1.39 bits per heavy atom. The summed E-state index contributed by atoms with van der Waals surface area (Å²) in [5, 5.41) is 4.65. The van der Waals surface area contributed by atoms with Gasteiger partial charge in [-0.2, -0.15) is 0 Å². The second-order valence-electron chi connectivity index (χ2n) is 7.39. The van der Waals surface area contributed by atoms with Gasteiger partial charge in [0, 0.05) is 49.3 Å². The van der Waals surface area contributed by atoms with E-state index in [1.807, 2.05) is 35.2 Å². The Labute approximate surface area is 166 Å². The van der Waals surface area contributed by atoms with Crippen LogP contribution < -0.4 is 11.1 Å². The van der Waals surface area contributed by atoms with Gasteiger partial charge in [0.1, 0.15) is 5.69 Å². The average molecular weight is 382 g/mol. The summed E-state index contributed by atoms with van der Waals surface area (Å²) < 4.78 is 0. The Hall–Kier alpha value is -2.60. The number of aromatic nitrogens is 1. The molecule has 1 fully saturated rings. The number of hydrogen-bond donors (Lipinski definition) is 3. The normalized spacial score (nSPS) is 20.7. The predicted octanol–water partition coefficient (Wildman–Crippen LogP) is 3.07. The first-order chi connectivity index (χ1) is 13.7. The summed E-state index contributed by atoms with van der Waals surface area (Å²) in [6.45, 7) is 3.47. The molecule has 28 heavy (non-hydrogen) atoms. The van der Waals surface area contributed by atoms with Crippen LogP contribution in [-0.2, 0) is 0 Å². The van der Waals surface area contributed by atoms with Crippen LogP contribution in [0.5, 0.6) is 0 Å². The third-order valence-electron chi connectivity index (χ3n) is 5.55. The zero-order valence-electron chi connectivity index (χ0n) is 16.8. The number of carbonyl (C=O) groups excluding carboxylic acids is 1. The van der Waals surface area contributed by atoms with Gasteiger partial charge in [0.05, 0.1) is 0 Å². The smallest absolute Gasteiger partial charge is 0.270 e. The highest BCUT2D eigenvalue weighted by Crippen LogP contribution is 2.25. The van der Waals surface area contributed by atoms with Crippen LogP contribution in [0.25, 0.3) is 10.9 Å². The quantitative estimate of drug-likeness (QED) is 0.644. The van der Waals surface area contributed by atoms with Crippen LogP contribution in [0, 0.1) is 0 Å². The summed E-state index contributed by atoms with van der Waals surface area (Å²) in [7, 11) is 1.74. The van der Waals surface area contributed by atoms with Crippen molar-refractivity contribution in [1.82, 2.24) is 15.2 Å². The van der Waals surface area contributed by atoms with Gasteiger partial charge in [0.2, 0.25) is 0 Å². The van der Waals surface area contributed by atoms with Crippen molar-refractivity contribution in [3.63, 3.8) is 0 Å². The number of nitrogens with one attached hydrogen (secondary N) is 2. The summed E-state index contributed by atoms with van der Waals surface area (Å²) in [5.74, 6) is 0.0880. The van der Waals surface area contributed by atoms with E-state index in [9.17, 15) is 4.79 Å². The molecule has 3 rings (SSSR count). The molecule has 1 aromatic heterocycles. The summed E-state index contributed by atoms with van der Waals surface area (Å²) >= 11 is 0. The highest BCUT2D eigenvalue weighted by Gasteiger charge is 2.29. The molecule has 1 aliphatic rings. The van der Waals surface area contributed by atoms with E-state index in [1.165, 1.54) is 0 Å². The van der Waals surface area contributed by atoms with E-state index < -0.39 is 0 Å². The molecule has 1 amide bonds. The molecule has 2 atom stereocenters. The second-order valence-corrected chi connectivity index (χ2v) is 7.39. The number of para-hydroxylation sites is 1. The molecule has 0 spiro atoms. The number of hydrogen-bond acceptors (Lipinski definition) is 4. The molecule has 0 aliphatic heterocycles. The van der Waals surface area contributed by atoms with Gasteiger partial charge in [-0.25, -0.2) is 0 Å². The lowest BCUT2D eigenvalue weighted by Crippen LogP contribution is -2.47. The monoisotopic (exact) mass is 381 g/mol. The number of rotatable bonds is 7. The lowest BCUT2D eigenvalue weighted by atomic mass is 9.89. The number of nitrogens with two attached hydrogens (primary N) is 1. The molecule has 1 heterocycles. The molecule has 6 heteroatoms. The molecular weight excluding hydrogens is 350 g/mol. The molecule has 0 unspecified atom stereocenters. The van der Waals surface area contributed by atoms with Gasteiger partial charge in [-0.3, -0.25) is 9.79 Å². The van der Waals surface area contributed by atoms with Gasteiger partial charge in [-0.1, -0.05) is 18.2 Å². The van der Waals surface area contributed by atoms with E-state index in [0.717, 1.165) is 42.2 Å². The van der Waals surface area contributed by atoms with E-state index in [1.54, 1.807) is 19.5 Å². The molecule has 4 N–H and O–H groups in total. The van der Waals surface area contributed by atoms with E-state index in [2.05, 4.69) is 22.2 Å². The van der Waals surface area contributed by atoms with Gasteiger partial charge in [0.15, 0.2) is 0 Å². The van der Waals surface area contributed by atoms with E-state index in [4.69, 9.17) is 5.73 Å². The second kappa shape index (κ2) is 9.55. The molecule has 2 aromatic rings. The average Bonchev–Trinajstić information content (AvgIpc) is 3.16. The summed E-state index contributed by atoms with van der Waals surface area (Å²) in [6, 6.07) is 10.6. The minimum atomic E-state index is 0.0880. The minimum Gasteiger partial charge on any atom is -0.404 e. The molecule has 6 nitrogen and oxygen atoms in total. The maximum absolute atomic E-state index is 13.2. The molecule has 1 aliphatic carbocycles. The molecule has 150 valence electrons. The van der Waals surface area contributed by atoms with Crippen LogP contribution in [0.4, 0.5) is 0 Å². The summed E-state index contributed by atoms with van der Waals surface area (Å²) in [5.41, 5.74) is 8.31. The van der Waals surface area contributed by atoms with Gasteiger partial charge in [-0.15, -0.1) is 0 Å². The van der Waals surface area contributed by atoms with Crippen LogP contribution in [-0.4, -0.2) is 54.2 Å². The lowest BCUT2D eigenvalue weighted by Gasteiger charge is -2.37. The molecule has 0 radical (unpaired) electrons. The van der Waals surface area contributed by atoms with Crippen molar-refractivity contribution in [3.05, 3.63) is 47.8 Å². The van der Waals surface area contributed by atoms with Crippen LogP contribution in [0.1, 0.15) is 43.1 Å². The Kier molecular flexibility index (Phi) is 6.87. The molecule has 1 saturated carbocycles. The van der Waals surface area contributed by atoms with Crippen molar-refractivity contribution in [1.29, 1.82) is 0 Å². The number of H-pyrrole nitrogens is 1. The van der Waals surface area contributed by atoms with Crippen LogP contribution >= 0.6 is 0 Å². The SMILES string of the molecule is CCN(C(=O)c1cc2ccccc2[nH]1)[C@H]1CCC[C@@H](NCC(C=NC)=CN)C1. The fourth-order valence-electron chi connectivity index (χ4n) is 4.12. The fraction of sp³-hybridized carbons (Fsp3) is 0.455. The van der Waals surface area contributed by atoms with Crippen molar-refractivity contribution >= 4 is 23.0 Å². The van der Waals surface area contributed by atoms with E-state index >= 15 is 0 Å². The zero-order valence-corrected chi connectivity index (χ0v) is 16.8. The van der Waals surface area contributed by atoms with Crippen molar-refractivity contribution in [2.24, 2.45) is 10.7 Å². The molecule has 1 aromatic carbocycles. The van der Waals surface area contributed by atoms with E-state index in [-0.39, 0.29) is 11.9 Å². The first-order valence-electron chi connectivity index (χ1n) is 10.1. The summed E-state index contributed by atoms with van der Waals surface area (Å²) in [6.07, 6.45) is 7.62. The Bertz CT molecular complexity index is 820. The fourth-order valence-corrected chi connectivity index (χ4v) is 4.12. The predicted molar refractivity (Wildman–Crippen MR) is 116 cm³/mol. The maximum Gasteiger partial charge on any atom is 0.270 e. The number of nitrogens with zero attached hydrogens (tertiary/aromatic N) is 2. The first kappa shape index (κ1) is 20.1. The van der Waals surface area contributed by atoms with Crippen LogP contribution in [0.2, 0.25) is 0 Å². The van der Waals surface area contributed by atoms with Crippen molar-refractivity contribution < 1.29 is 4.79 Å². The largest absolute Gasteiger partial charge is 0.404 e. The number of benzene rings is 1. The van der Waals surface area contributed by atoms with Gasteiger partial charge in [-0.05, 0) is 56.5 Å². The maximum atomic E-state index is 13.2. The summed E-state index contributed by atoms with van der Waals surface area (Å²) in [4.78, 5) is 22.5. The number of amides is 1. The number of aromatic amines is 1. The van der Waals surface area contributed by atoms with Crippen molar-refractivity contribution in [2.75, 3.05) is 20.1 Å². The van der Waals surface area contributed by atoms with Gasteiger partial charge < -0.3 is 20.9 Å². The molecule has 0 bridgehead atoms. The Balaban J connectivity index is 1.66. The first-order valence-corrected chi connectivity index (χ1v) is 10.1. The Morgan fingerprint density at radius 3 is 2.93 bits per heavy atom. The Morgan fingerprint density at radius 2 is 2.21 bits per heavy atom. The van der Waals surface area contributed by atoms with Gasteiger partial charge >= 0.3 is 0 Å². The van der Waals surface area contributed by atoms with Crippen molar-refractivity contribution in [3.8, 4) is 0 Å². The van der Waals surface area contributed by atoms with Crippen LogP contribution in [0.15, 0.2) is 47.1 Å². The zero-order chi connectivity index (χ0) is 19.9. The number of fused-ring (bicyclic) bond motifs is 1. The lowest BCUT2D eigenvalue weighted by molar-refractivity contribution is 0.0624. The third kappa shape index (κ3) is 4.62. The standard InChI is InChI=1S/C22H31N5O/c1-3-27(22(28)21-11-17-7-4-5-10-20(17)26-21)19-9-6-8-18(12-19)25-15-16(13-23)14-24-2/h4-5,7,10-11,13-14,18-19,25-26H,3,6,8-9,12,15,23H2,1-2H3/t18-,19+/m1/s1. The topological polar surface area (TPSA) is 86.5 Å². The highest BCUT2D eigenvalue weighted by molar-refractivity contribution is 5.98. The van der Waals surface area contributed by atoms with Gasteiger partial charge in [0.25, 0.3) is 5.91 Å². The third-order valence-corrected chi connectivity index (χ3v) is 5.55. The number of carbonyl (C=O) groups is 1. The highest BCUT2D eigenvalue weighted by atomic mass is 16.2. The van der Waals surface area contributed by atoms with Crippen molar-refractivity contribution in [2.45, 2.75) is 44.7 Å².